The van der Waals surface area contributed by atoms with Crippen molar-refractivity contribution in [2.24, 2.45) is 0 Å². The molecule has 1 unspecified atom stereocenters. The molecule has 0 saturated carbocycles. The van der Waals surface area contributed by atoms with Crippen LogP contribution in [0, 0.1) is 0 Å². The van der Waals surface area contributed by atoms with Crippen molar-refractivity contribution >= 4 is 5.78 Å². The van der Waals surface area contributed by atoms with Gasteiger partial charge in [-0.15, -0.1) is 0 Å². The van der Waals surface area contributed by atoms with E-state index in [9.17, 15) is 4.79 Å². The second-order valence-electron chi connectivity index (χ2n) is 5.37. The molecule has 1 atom stereocenters. The fraction of sp³-hybridized carbons (Fsp3) is 0.588. The average Bonchev–Trinajstić information content (AvgIpc) is 3.04. The molecule has 4 nitrogen and oxygen atoms in total. The smallest absolute Gasteiger partial charge is 0.179 e. The molecule has 116 valence electrons. The highest BCUT2D eigenvalue weighted by atomic mass is 16.5. The Morgan fingerprint density at radius 2 is 1.90 bits per heavy atom. The Hall–Kier alpha value is -1.55. The van der Waals surface area contributed by atoms with E-state index in [0.717, 1.165) is 38.0 Å². The third-order valence-electron chi connectivity index (χ3n) is 3.53. The van der Waals surface area contributed by atoms with Crippen LogP contribution in [-0.4, -0.2) is 31.6 Å². The fourth-order valence-corrected chi connectivity index (χ4v) is 2.43. The molecule has 1 saturated heterocycles. The van der Waals surface area contributed by atoms with E-state index in [0.29, 0.717) is 24.5 Å². The first kappa shape index (κ1) is 15.8. The van der Waals surface area contributed by atoms with Gasteiger partial charge in [0.1, 0.15) is 0 Å². The highest BCUT2D eigenvalue weighted by molar-refractivity contribution is 6.00. The van der Waals surface area contributed by atoms with Gasteiger partial charge in [0.15, 0.2) is 17.3 Å². The van der Waals surface area contributed by atoms with E-state index < -0.39 is 0 Å². The van der Waals surface area contributed by atoms with E-state index in [2.05, 4.69) is 19.2 Å². The van der Waals surface area contributed by atoms with Crippen LogP contribution >= 0.6 is 0 Å². The Morgan fingerprint density at radius 3 is 2.52 bits per heavy atom. The molecule has 1 aliphatic heterocycles. The largest absolute Gasteiger partial charge is 0.490 e. The Labute approximate surface area is 126 Å². The fourth-order valence-electron chi connectivity index (χ4n) is 2.43. The minimum absolute atomic E-state index is 0.0496. The van der Waals surface area contributed by atoms with Crippen LogP contribution < -0.4 is 14.8 Å². The SMILES string of the molecule is CCCOc1ccc(C(=O)C2CCCN2)cc1OCCC. The number of hydrogen-bond acceptors (Lipinski definition) is 4. The van der Waals surface area contributed by atoms with E-state index >= 15 is 0 Å². The third-order valence-corrected chi connectivity index (χ3v) is 3.53. The Balaban J connectivity index is 2.16. The van der Waals surface area contributed by atoms with Crippen molar-refractivity contribution in [1.82, 2.24) is 5.32 Å². The summed E-state index contributed by atoms with van der Waals surface area (Å²) in [4.78, 5) is 12.4. The number of Topliss-reactive ketones (excluding diaryl/α,β-unsaturated/α-hetero) is 1. The molecule has 1 aliphatic rings. The molecule has 0 radical (unpaired) electrons. The number of benzene rings is 1. The lowest BCUT2D eigenvalue weighted by Crippen LogP contribution is -2.30. The molecular weight excluding hydrogens is 266 g/mol. The van der Waals surface area contributed by atoms with Gasteiger partial charge in [0.2, 0.25) is 0 Å². The van der Waals surface area contributed by atoms with Crippen LogP contribution in [0.1, 0.15) is 49.9 Å². The first-order valence-corrected chi connectivity index (χ1v) is 7.93. The second kappa shape index (κ2) is 8.03. The lowest BCUT2D eigenvalue weighted by Gasteiger charge is -2.15. The van der Waals surface area contributed by atoms with Gasteiger partial charge < -0.3 is 14.8 Å². The van der Waals surface area contributed by atoms with Crippen LogP contribution in [0.4, 0.5) is 0 Å². The molecule has 0 bridgehead atoms. The van der Waals surface area contributed by atoms with Gasteiger partial charge in [0, 0.05) is 5.56 Å². The summed E-state index contributed by atoms with van der Waals surface area (Å²) in [7, 11) is 0. The van der Waals surface area contributed by atoms with Crippen molar-refractivity contribution in [3.63, 3.8) is 0 Å². The van der Waals surface area contributed by atoms with Gasteiger partial charge in [0.25, 0.3) is 0 Å². The van der Waals surface area contributed by atoms with E-state index in [1.54, 1.807) is 0 Å². The number of carbonyl (C=O) groups is 1. The molecule has 0 aromatic heterocycles. The number of ketones is 1. The Kier molecular flexibility index (Phi) is 6.05. The molecule has 1 N–H and O–H groups in total. The molecule has 0 aliphatic carbocycles. The van der Waals surface area contributed by atoms with Crippen molar-refractivity contribution in [3.8, 4) is 11.5 Å². The Morgan fingerprint density at radius 1 is 1.19 bits per heavy atom. The number of hydrogen-bond donors (Lipinski definition) is 1. The number of carbonyl (C=O) groups excluding carboxylic acids is 1. The predicted octanol–water partition coefficient (Wildman–Crippen LogP) is 3.20. The van der Waals surface area contributed by atoms with Gasteiger partial charge in [-0.25, -0.2) is 0 Å². The summed E-state index contributed by atoms with van der Waals surface area (Å²) < 4.78 is 11.4. The molecule has 0 amide bonds. The maximum Gasteiger partial charge on any atom is 0.179 e. The second-order valence-corrected chi connectivity index (χ2v) is 5.37. The molecule has 0 spiro atoms. The standard InChI is InChI=1S/C17H25NO3/c1-3-10-20-15-8-7-13(12-16(15)21-11-4-2)17(19)14-6-5-9-18-14/h7-8,12,14,18H,3-6,9-11H2,1-2H3. The van der Waals surface area contributed by atoms with Gasteiger partial charge in [0.05, 0.1) is 19.3 Å². The minimum atomic E-state index is -0.0496. The summed E-state index contributed by atoms with van der Waals surface area (Å²) in [5.41, 5.74) is 0.698. The molecule has 1 aromatic rings. The van der Waals surface area contributed by atoms with E-state index in [4.69, 9.17) is 9.47 Å². The van der Waals surface area contributed by atoms with Crippen LogP contribution in [-0.2, 0) is 0 Å². The molecule has 1 aromatic carbocycles. The van der Waals surface area contributed by atoms with Gasteiger partial charge in [-0.1, -0.05) is 13.8 Å². The van der Waals surface area contributed by atoms with Crippen molar-refractivity contribution in [3.05, 3.63) is 23.8 Å². The normalized spacial score (nSPS) is 17.7. The van der Waals surface area contributed by atoms with Crippen LogP contribution in [0.25, 0.3) is 0 Å². The third kappa shape index (κ3) is 4.21. The van der Waals surface area contributed by atoms with Crippen molar-refractivity contribution in [2.75, 3.05) is 19.8 Å². The molecule has 21 heavy (non-hydrogen) atoms. The molecule has 4 heteroatoms. The zero-order chi connectivity index (χ0) is 15.1. The summed E-state index contributed by atoms with van der Waals surface area (Å²) in [5.74, 6) is 1.55. The van der Waals surface area contributed by atoms with Crippen LogP contribution in [0.3, 0.4) is 0 Å². The van der Waals surface area contributed by atoms with Gasteiger partial charge in [-0.05, 0) is 50.4 Å². The van der Waals surface area contributed by atoms with Crippen molar-refractivity contribution in [1.29, 1.82) is 0 Å². The molecule has 1 heterocycles. The van der Waals surface area contributed by atoms with Gasteiger partial charge in [-0.2, -0.15) is 0 Å². The predicted molar refractivity (Wildman–Crippen MR) is 83.4 cm³/mol. The quantitative estimate of drug-likeness (QED) is 0.747. The summed E-state index contributed by atoms with van der Waals surface area (Å²) in [6.45, 7) is 6.33. The maximum absolute atomic E-state index is 12.4. The number of nitrogens with one attached hydrogen (secondary N) is 1. The summed E-state index contributed by atoms with van der Waals surface area (Å²) in [6, 6.07) is 5.46. The zero-order valence-corrected chi connectivity index (χ0v) is 13.0. The highest BCUT2D eigenvalue weighted by Gasteiger charge is 2.24. The number of rotatable bonds is 8. The maximum atomic E-state index is 12.4. The van der Waals surface area contributed by atoms with Crippen LogP contribution in [0.2, 0.25) is 0 Å². The van der Waals surface area contributed by atoms with E-state index in [1.165, 1.54) is 0 Å². The molecule has 1 fully saturated rings. The minimum Gasteiger partial charge on any atom is -0.490 e. The van der Waals surface area contributed by atoms with Crippen LogP contribution in [0.15, 0.2) is 18.2 Å². The first-order chi connectivity index (χ1) is 10.3. The number of ether oxygens (including phenoxy) is 2. The zero-order valence-electron chi connectivity index (χ0n) is 13.0. The van der Waals surface area contributed by atoms with Crippen molar-refractivity contribution < 1.29 is 14.3 Å². The van der Waals surface area contributed by atoms with Crippen LogP contribution in [0.5, 0.6) is 11.5 Å². The summed E-state index contributed by atoms with van der Waals surface area (Å²) >= 11 is 0. The molecular formula is C17H25NO3. The summed E-state index contributed by atoms with van der Waals surface area (Å²) in [5, 5.41) is 3.24. The topological polar surface area (TPSA) is 47.6 Å². The van der Waals surface area contributed by atoms with Crippen molar-refractivity contribution in [2.45, 2.75) is 45.6 Å². The molecule has 2 rings (SSSR count). The monoisotopic (exact) mass is 291 g/mol. The Bertz CT molecular complexity index is 467. The van der Waals surface area contributed by atoms with Gasteiger partial charge >= 0.3 is 0 Å². The highest BCUT2D eigenvalue weighted by Crippen LogP contribution is 2.29. The lowest BCUT2D eigenvalue weighted by atomic mass is 10.0. The van der Waals surface area contributed by atoms with Gasteiger partial charge in [-0.3, -0.25) is 4.79 Å². The van der Waals surface area contributed by atoms with E-state index in [1.807, 2.05) is 18.2 Å². The lowest BCUT2D eigenvalue weighted by molar-refractivity contribution is 0.0951. The average molecular weight is 291 g/mol. The van der Waals surface area contributed by atoms with E-state index in [-0.39, 0.29) is 11.8 Å². The summed E-state index contributed by atoms with van der Waals surface area (Å²) in [6.07, 6.45) is 3.85. The first-order valence-electron chi connectivity index (χ1n) is 7.93.